The molecule has 3 heterocycles. The summed E-state index contributed by atoms with van der Waals surface area (Å²) in [7, 11) is 0. The molecule has 1 aromatic carbocycles. The summed E-state index contributed by atoms with van der Waals surface area (Å²) in [6, 6.07) is 11.4. The van der Waals surface area contributed by atoms with Crippen molar-refractivity contribution in [2.75, 3.05) is 0 Å². The number of hydrogen-bond donors (Lipinski definition) is 1. The van der Waals surface area contributed by atoms with E-state index in [1.54, 1.807) is 0 Å². The number of fused-ring (bicyclic) bond motifs is 5. The predicted molar refractivity (Wildman–Crippen MR) is 91.5 cm³/mol. The molecule has 5 rings (SSSR count). The fraction of sp³-hybridized carbons (Fsp3) is 0.550. The molecule has 4 atom stereocenters. The van der Waals surface area contributed by atoms with E-state index >= 15 is 0 Å². The molecule has 1 saturated heterocycles. The van der Waals surface area contributed by atoms with E-state index in [-0.39, 0.29) is 17.0 Å². The van der Waals surface area contributed by atoms with Crippen LogP contribution in [0.5, 0.6) is 0 Å². The van der Waals surface area contributed by atoms with E-state index in [0.29, 0.717) is 24.2 Å². The van der Waals surface area contributed by atoms with Gasteiger partial charge in [-0.1, -0.05) is 18.2 Å². The number of aromatic nitrogens is 1. The second-order valence-electron chi connectivity index (χ2n) is 8.60. The Labute approximate surface area is 137 Å². The van der Waals surface area contributed by atoms with Crippen molar-refractivity contribution in [2.45, 2.75) is 57.2 Å². The second-order valence-corrected chi connectivity index (χ2v) is 8.60. The largest absolute Gasteiger partial charge is 0.338 e. The second kappa shape index (κ2) is 4.07. The number of hydrogen-bond acceptors (Lipinski definition) is 2. The number of Topliss-reactive ketones (excluding diaryl/α,β-unsaturated/α-hetero) is 1. The van der Waals surface area contributed by atoms with E-state index in [9.17, 15) is 4.79 Å². The number of carbonyl (C=O) groups excluding carboxylic acids is 1. The molecule has 1 aromatic heterocycles. The lowest BCUT2D eigenvalue weighted by atomic mass is 9.57. The van der Waals surface area contributed by atoms with Gasteiger partial charge in [-0.05, 0) is 50.6 Å². The minimum absolute atomic E-state index is 0.0756. The minimum atomic E-state index is -0.0849. The Hall–Kier alpha value is -1.61. The summed E-state index contributed by atoms with van der Waals surface area (Å²) in [5.74, 6) is 1.15. The first-order valence-corrected chi connectivity index (χ1v) is 8.80. The van der Waals surface area contributed by atoms with E-state index in [1.807, 2.05) is 0 Å². The average Bonchev–Trinajstić information content (AvgIpc) is 2.84. The van der Waals surface area contributed by atoms with Crippen LogP contribution in [0.25, 0.3) is 10.9 Å². The average molecular weight is 308 g/mol. The summed E-state index contributed by atoms with van der Waals surface area (Å²) >= 11 is 0. The van der Waals surface area contributed by atoms with E-state index in [2.05, 4.69) is 61.0 Å². The van der Waals surface area contributed by atoms with Crippen molar-refractivity contribution in [3.05, 3.63) is 36.0 Å². The third-order valence-electron chi connectivity index (χ3n) is 6.85. The van der Waals surface area contributed by atoms with Crippen LogP contribution in [-0.4, -0.2) is 21.9 Å². The van der Waals surface area contributed by atoms with Gasteiger partial charge >= 0.3 is 0 Å². The van der Waals surface area contributed by atoms with E-state index in [0.717, 1.165) is 12.8 Å². The Bertz CT molecular complexity index is 833. The standard InChI is InChI=1S/C20H24N2O/c1-19(2)15-10-14-16(21-19)9-13-8-12-6-4-5-7-17(12)22(13)20(14,3)11-18(15)23/h4-8,14-16,21H,9-11H2,1-3H3/t14-,15-,16-,20-/m1/s1. The van der Waals surface area contributed by atoms with Gasteiger partial charge in [0.25, 0.3) is 0 Å². The topological polar surface area (TPSA) is 34.0 Å². The van der Waals surface area contributed by atoms with Gasteiger partial charge in [0, 0.05) is 41.6 Å². The summed E-state index contributed by atoms with van der Waals surface area (Å²) in [5.41, 5.74) is 2.51. The van der Waals surface area contributed by atoms with Crippen LogP contribution in [0.3, 0.4) is 0 Å². The molecule has 2 aromatic rings. The van der Waals surface area contributed by atoms with Crippen molar-refractivity contribution in [1.29, 1.82) is 0 Å². The molecule has 23 heavy (non-hydrogen) atoms. The number of nitrogens with one attached hydrogen (secondary N) is 1. The zero-order valence-electron chi connectivity index (χ0n) is 14.1. The van der Waals surface area contributed by atoms with Gasteiger partial charge in [-0.2, -0.15) is 0 Å². The van der Waals surface area contributed by atoms with Crippen LogP contribution in [0.4, 0.5) is 0 Å². The molecule has 120 valence electrons. The van der Waals surface area contributed by atoms with Crippen LogP contribution in [0.2, 0.25) is 0 Å². The summed E-state index contributed by atoms with van der Waals surface area (Å²) in [5, 5.41) is 5.13. The number of rotatable bonds is 0. The normalized spacial score (nSPS) is 37.7. The lowest BCUT2D eigenvalue weighted by Crippen LogP contribution is -2.70. The Morgan fingerprint density at radius 3 is 2.83 bits per heavy atom. The summed E-state index contributed by atoms with van der Waals surface area (Å²) in [6.07, 6.45) is 2.78. The van der Waals surface area contributed by atoms with Crippen molar-refractivity contribution in [3.63, 3.8) is 0 Å². The number of benzene rings is 1. The van der Waals surface area contributed by atoms with E-state index in [1.165, 1.54) is 16.6 Å². The lowest BCUT2D eigenvalue weighted by Gasteiger charge is -2.59. The molecule has 0 amide bonds. The highest BCUT2D eigenvalue weighted by Crippen LogP contribution is 2.53. The van der Waals surface area contributed by atoms with E-state index in [4.69, 9.17) is 0 Å². The van der Waals surface area contributed by atoms with Crippen LogP contribution >= 0.6 is 0 Å². The number of piperidine rings is 1. The molecule has 2 fully saturated rings. The Morgan fingerprint density at radius 2 is 2.00 bits per heavy atom. The minimum Gasteiger partial charge on any atom is -0.338 e. The fourth-order valence-corrected chi connectivity index (χ4v) is 5.85. The van der Waals surface area contributed by atoms with Gasteiger partial charge in [0.2, 0.25) is 0 Å². The molecule has 0 radical (unpaired) electrons. The summed E-state index contributed by atoms with van der Waals surface area (Å²) in [6.45, 7) is 6.73. The van der Waals surface area contributed by atoms with Gasteiger partial charge in [0.1, 0.15) is 5.78 Å². The maximum absolute atomic E-state index is 12.9. The van der Waals surface area contributed by atoms with Gasteiger partial charge in [-0.15, -0.1) is 0 Å². The maximum atomic E-state index is 12.9. The monoisotopic (exact) mass is 308 g/mol. The van der Waals surface area contributed by atoms with Crippen molar-refractivity contribution in [3.8, 4) is 0 Å². The van der Waals surface area contributed by atoms with Crippen LogP contribution < -0.4 is 5.32 Å². The molecule has 3 heteroatoms. The molecular weight excluding hydrogens is 284 g/mol. The molecule has 0 unspecified atom stereocenters. The van der Waals surface area contributed by atoms with Gasteiger partial charge in [-0.25, -0.2) is 0 Å². The van der Waals surface area contributed by atoms with Gasteiger partial charge < -0.3 is 9.88 Å². The first-order chi connectivity index (χ1) is 10.9. The first-order valence-electron chi connectivity index (χ1n) is 8.80. The van der Waals surface area contributed by atoms with Crippen molar-refractivity contribution in [2.24, 2.45) is 11.8 Å². The number of nitrogens with zero attached hydrogens (tertiary/aromatic N) is 1. The number of carbonyl (C=O) groups is 1. The van der Waals surface area contributed by atoms with Crippen LogP contribution in [0.1, 0.15) is 39.3 Å². The van der Waals surface area contributed by atoms with Gasteiger partial charge in [-0.3, -0.25) is 4.79 Å². The quantitative estimate of drug-likeness (QED) is 0.810. The van der Waals surface area contributed by atoms with Gasteiger partial charge in [0.05, 0.1) is 5.54 Å². The smallest absolute Gasteiger partial charge is 0.140 e. The van der Waals surface area contributed by atoms with Crippen molar-refractivity contribution < 1.29 is 4.79 Å². The Balaban J connectivity index is 1.76. The molecule has 3 aliphatic rings. The van der Waals surface area contributed by atoms with Crippen molar-refractivity contribution in [1.82, 2.24) is 9.88 Å². The molecule has 0 spiro atoms. The zero-order valence-corrected chi connectivity index (χ0v) is 14.1. The van der Waals surface area contributed by atoms with Gasteiger partial charge in [0.15, 0.2) is 0 Å². The molecule has 1 aliphatic carbocycles. The van der Waals surface area contributed by atoms with Crippen LogP contribution in [0.15, 0.2) is 30.3 Å². The maximum Gasteiger partial charge on any atom is 0.140 e. The molecule has 2 bridgehead atoms. The first kappa shape index (κ1) is 13.8. The van der Waals surface area contributed by atoms with Crippen molar-refractivity contribution >= 4 is 16.7 Å². The van der Waals surface area contributed by atoms with Crippen LogP contribution in [0, 0.1) is 11.8 Å². The SMILES string of the molecule is CC1(C)N[C@@H]2Cc3cc4ccccc4n3[C@]3(C)CC(=O)[C@H]1C[C@H]23. The highest BCUT2D eigenvalue weighted by Gasteiger charge is 2.58. The third-order valence-corrected chi connectivity index (χ3v) is 6.85. The summed E-state index contributed by atoms with van der Waals surface area (Å²) < 4.78 is 2.50. The Kier molecular flexibility index (Phi) is 2.44. The van der Waals surface area contributed by atoms with E-state index < -0.39 is 0 Å². The summed E-state index contributed by atoms with van der Waals surface area (Å²) in [4.78, 5) is 12.9. The molecular formula is C20H24N2O. The molecule has 3 nitrogen and oxygen atoms in total. The predicted octanol–water partition coefficient (Wildman–Crippen LogP) is 3.26. The lowest BCUT2D eigenvalue weighted by molar-refractivity contribution is -0.140. The Morgan fingerprint density at radius 1 is 1.22 bits per heavy atom. The number of para-hydroxylation sites is 1. The number of ketones is 1. The highest BCUT2D eigenvalue weighted by molar-refractivity contribution is 5.87. The molecule has 2 aliphatic heterocycles. The zero-order chi connectivity index (χ0) is 16.0. The molecule has 1 N–H and O–H groups in total. The fourth-order valence-electron chi connectivity index (χ4n) is 5.85. The van der Waals surface area contributed by atoms with Crippen LogP contribution in [-0.2, 0) is 16.8 Å². The molecule has 1 saturated carbocycles. The highest BCUT2D eigenvalue weighted by atomic mass is 16.1. The third kappa shape index (κ3) is 1.61.